The Kier molecular flexibility index (Phi) is 6.11. The number of pyridine rings is 1. The Morgan fingerprint density at radius 2 is 1.74 bits per heavy atom. The number of nitrogens with one attached hydrogen (secondary N) is 3. The summed E-state index contributed by atoms with van der Waals surface area (Å²) >= 11 is 5.86. The minimum absolute atomic E-state index is 0.0728. The molecule has 138 valence electrons. The summed E-state index contributed by atoms with van der Waals surface area (Å²) in [4.78, 5) is 16.0. The van der Waals surface area contributed by atoms with Crippen LogP contribution in [0.3, 0.4) is 0 Å². The maximum absolute atomic E-state index is 13.0. The third-order valence-corrected chi connectivity index (χ3v) is 3.82. The van der Waals surface area contributed by atoms with Gasteiger partial charge in [-0.2, -0.15) is 0 Å². The van der Waals surface area contributed by atoms with E-state index < -0.39 is 5.82 Å². The molecule has 2 heterocycles. The molecule has 3 aromatic rings. The van der Waals surface area contributed by atoms with E-state index in [1.807, 2.05) is 12.1 Å². The summed E-state index contributed by atoms with van der Waals surface area (Å²) in [6.45, 7) is 0.779. The summed E-state index contributed by atoms with van der Waals surface area (Å²) in [5.74, 6) is 0.318. The second-order valence-corrected chi connectivity index (χ2v) is 5.88. The molecule has 1 aromatic carbocycles. The summed E-state index contributed by atoms with van der Waals surface area (Å²) in [5.41, 5.74) is 1.09. The zero-order chi connectivity index (χ0) is 19.1. The van der Waals surface area contributed by atoms with E-state index in [0.717, 1.165) is 11.8 Å². The van der Waals surface area contributed by atoms with Crippen LogP contribution in [0.25, 0.3) is 0 Å². The summed E-state index contributed by atoms with van der Waals surface area (Å²) < 4.78 is 13.0. The SMILES string of the molecule is O=C(NCCNc1ccc(Nc2ccncc2)nn1)c1ccc(F)cc1Cl. The fraction of sp³-hybridized carbons (Fsp3) is 0.111. The van der Waals surface area contributed by atoms with Gasteiger partial charge in [0, 0.05) is 31.2 Å². The minimum Gasteiger partial charge on any atom is -0.367 e. The number of amides is 1. The highest BCUT2D eigenvalue weighted by Crippen LogP contribution is 2.17. The zero-order valence-corrected chi connectivity index (χ0v) is 14.9. The molecule has 0 saturated heterocycles. The van der Waals surface area contributed by atoms with Crippen LogP contribution in [0.4, 0.5) is 21.7 Å². The molecular formula is C18H16ClFN6O. The highest BCUT2D eigenvalue weighted by Gasteiger charge is 2.10. The average molecular weight is 387 g/mol. The molecule has 27 heavy (non-hydrogen) atoms. The standard InChI is InChI=1S/C18H16ClFN6O/c19-15-11-12(20)1-2-14(15)18(27)23-10-9-22-16-3-4-17(26-25-16)24-13-5-7-21-8-6-13/h1-8,11H,9-10H2,(H,22,25)(H,23,27)(H,21,24,26). The first-order valence-electron chi connectivity index (χ1n) is 8.10. The lowest BCUT2D eigenvalue weighted by atomic mass is 10.2. The smallest absolute Gasteiger partial charge is 0.252 e. The summed E-state index contributed by atoms with van der Waals surface area (Å²) in [7, 11) is 0. The predicted molar refractivity (Wildman–Crippen MR) is 102 cm³/mol. The first-order valence-corrected chi connectivity index (χ1v) is 8.47. The molecule has 3 rings (SSSR count). The lowest BCUT2D eigenvalue weighted by Gasteiger charge is -2.09. The van der Waals surface area contributed by atoms with E-state index in [0.29, 0.717) is 24.7 Å². The first kappa shape index (κ1) is 18.5. The van der Waals surface area contributed by atoms with Gasteiger partial charge in [-0.25, -0.2) is 4.39 Å². The van der Waals surface area contributed by atoms with E-state index >= 15 is 0 Å². The van der Waals surface area contributed by atoms with Gasteiger partial charge >= 0.3 is 0 Å². The molecule has 0 unspecified atom stereocenters. The fourth-order valence-corrected chi connectivity index (χ4v) is 2.46. The van der Waals surface area contributed by atoms with Gasteiger partial charge < -0.3 is 16.0 Å². The maximum atomic E-state index is 13.0. The molecule has 9 heteroatoms. The number of halogens is 2. The van der Waals surface area contributed by atoms with Crippen LogP contribution in [-0.4, -0.2) is 34.2 Å². The molecule has 1 amide bonds. The summed E-state index contributed by atoms with van der Waals surface area (Å²) in [6.07, 6.45) is 3.36. The van der Waals surface area contributed by atoms with E-state index in [-0.39, 0.29) is 16.5 Å². The first-order chi connectivity index (χ1) is 13.1. The molecule has 0 spiro atoms. The normalized spacial score (nSPS) is 10.3. The number of aromatic nitrogens is 3. The van der Waals surface area contributed by atoms with Gasteiger partial charge in [0.25, 0.3) is 5.91 Å². The van der Waals surface area contributed by atoms with Gasteiger partial charge in [-0.05, 0) is 42.5 Å². The van der Waals surface area contributed by atoms with Crippen LogP contribution in [0.1, 0.15) is 10.4 Å². The van der Waals surface area contributed by atoms with Crippen LogP contribution in [0.2, 0.25) is 5.02 Å². The van der Waals surface area contributed by atoms with Crippen molar-refractivity contribution in [3.63, 3.8) is 0 Å². The Labute approximate surface area is 160 Å². The number of hydrogen-bond donors (Lipinski definition) is 3. The molecule has 0 aliphatic carbocycles. The van der Waals surface area contributed by atoms with Crippen LogP contribution in [0, 0.1) is 5.82 Å². The van der Waals surface area contributed by atoms with E-state index in [1.165, 1.54) is 12.1 Å². The van der Waals surface area contributed by atoms with Crippen LogP contribution < -0.4 is 16.0 Å². The van der Waals surface area contributed by atoms with Crippen molar-refractivity contribution in [3.05, 3.63) is 71.3 Å². The predicted octanol–water partition coefficient (Wildman–Crippen LogP) is 3.25. The van der Waals surface area contributed by atoms with Crippen molar-refractivity contribution < 1.29 is 9.18 Å². The molecule has 2 aromatic heterocycles. The number of hydrogen-bond acceptors (Lipinski definition) is 6. The topological polar surface area (TPSA) is 91.8 Å². The highest BCUT2D eigenvalue weighted by atomic mass is 35.5. The lowest BCUT2D eigenvalue weighted by molar-refractivity contribution is 0.0955. The molecule has 0 aliphatic rings. The van der Waals surface area contributed by atoms with Crippen molar-refractivity contribution >= 4 is 34.8 Å². The van der Waals surface area contributed by atoms with E-state index in [9.17, 15) is 9.18 Å². The largest absolute Gasteiger partial charge is 0.367 e. The number of benzene rings is 1. The van der Waals surface area contributed by atoms with Crippen molar-refractivity contribution in [1.29, 1.82) is 0 Å². The third-order valence-electron chi connectivity index (χ3n) is 3.51. The van der Waals surface area contributed by atoms with Crippen LogP contribution in [0.5, 0.6) is 0 Å². The van der Waals surface area contributed by atoms with Gasteiger partial charge in [-0.3, -0.25) is 9.78 Å². The van der Waals surface area contributed by atoms with Gasteiger partial charge in [0.2, 0.25) is 0 Å². The molecule has 3 N–H and O–H groups in total. The second kappa shape index (κ2) is 8.91. The average Bonchev–Trinajstić information content (AvgIpc) is 2.67. The molecular weight excluding hydrogens is 371 g/mol. The van der Waals surface area contributed by atoms with Gasteiger partial charge in [0.15, 0.2) is 5.82 Å². The number of rotatable bonds is 7. The van der Waals surface area contributed by atoms with Crippen molar-refractivity contribution in [2.24, 2.45) is 0 Å². The Hall–Kier alpha value is -3.26. The lowest BCUT2D eigenvalue weighted by Crippen LogP contribution is -2.29. The monoisotopic (exact) mass is 386 g/mol. The molecule has 7 nitrogen and oxygen atoms in total. The quantitative estimate of drug-likeness (QED) is 0.540. The van der Waals surface area contributed by atoms with Crippen molar-refractivity contribution in [1.82, 2.24) is 20.5 Å². The summed E-state index contributed by atoms with van der Waals surface area (Å²) in [5, 5.41) is 17.1. The number of nitrogens with zero attached hydrogens (tertiary/aromatic N) is 3. The Balaban J connectivity index is 1.44. The van der Waals surface area contributed by atoms with Crippen molar-refractivity contribution in [2.45, 2.75) is 0 Å². The summed E-state index contributed by atoms with van der Waals surface area (Å²) in [6, 6.07) is 10.8. The maximum Gasteiger partial charge on any atom is 0.252 e. The Morgan fingerprint density at radius 3 is 2.44 bits per heavy atom. The van der Waals surface area contributed by atoms with E-state index in [1.54, 1.807) is 24.5 Å². The Bertz CT molecular complexity index is 907. The zero-order valence-electron chi connectivity index (χ0n) is 14.1. The van der Waals surface area contributed by atoms with Gasteiger partial charge in [-0.15, -0.1) is 10.2 Å². The van der Waals surface area contributed by atoms with Crippen LogP contribution in [0.15, 0.2) is 54.9 Å². The fourth-order valence-electron chi connectivity index (χ4n) is 2.21. The minimum atomic E-state index is -0.487. The second-order valence-electron chi connectivity index (χ2n) is 5.47. The molecule has 0 fully saturated rings. The van der Waals surface area contributed by atoms with Gasteiger partial charge in [0.1, 0.15) is 11.6 Å². The van der Waals surface area contributed by atoms with Gasteiger partial charge in [0.05, 0.1) is 10.6 Å². The molecule has 0 bridgehead atoms. The van der Waals surface area contributed by atoms with Crippen LogP contribution in [-0.2, 0) is 0 Å². The third kappa shape index (κ3) is 5.35. The molecule has 0 saturated carbocycles. The molecule has 0 radical (unpaired) electrons. The number of carbonyl (C=O) groups excluding carboxylic acids is 1. The van der Waals surface area contributed by atoms with Crippen LogP contribution >= 0.6 is 11.6 Å². The highest BCUT2D eigenvalue weighted by molar-refractivity contribution is 6.33. The number of carbonyl (C=O) groups is 1. The Morgan fingerprint density at radius 1 is 1.00 bits per heavy atom. The number of anilines is 3. The van der Waals surface area contributed by atoms with E-state index in [2.05, 4.69) is 31.1 Å². The van der Waals surface area contributed by atoms with Crippen molar-refractivity contribution in [2.75, 3.05) is 23.7 Å². The molecule has 0 atom stereocenters. The van der Waals surface area contributed by atoms with E-state index in [4.69, 9.17) is 11.6 Å². The van der Waals surface area contributed by atoms with Gasteiger partial charge in [-0.1, -0.05) is 11.6 Å². The molecule has 0 aliphatic heterocycles. The van der Waals surface area contributed by atoms with Crippen molar-refractivity contribution in [3.8, 4) is 0 Å².